The lowest BCUT2D eigenvalue weighted by Gasteiger charge is -2.24. The molecular weight excluding hydrogens is 419 g/mol. The molecule has 0 aliphatic rings. The van der Waals surface area contributed by atoms with Crippen LogP contribution in [0, 0.1) is 0 Å². The first-order chi connectivity index (χ1) is 14.1. The third kappa shape index (κ3) is 6.87. The zero-order chi connectivity index (χ0) is 22.3. The monoisotopic (exact) mass is 441 g/mol. The fourth-order valence-corrected chi connectivity index (χ4v) is 2.86. The smallest absolute Gasteiger partial charge is 0.368 e. The first kappa shape index (κ1) is 23.4. The summed E-state index contributed by atoms with van der Waals surface area (Å²) in [7, 11) is 1.85. The Bertz CT molecular complexity index is 888. The SMILES string of the molecule is CC(C)N(C)c1nc(N)ncc1/C=C(\C=O)c1cnc(NSCCC(F)(F)F)nc1. The van der Waals surface area contributed by atoms with Crippen molar-refractivity contribution in [1.82, 2.24) is 19.9 Å². The number of halogens is 3. The van der Waals surface area contributed by atoms with Gasteiger partial charge in [-0.15, -0.1) is 0 Å². The number of nitrogens with two attached hydrogens (primary N) is 1. The third-order valence-electron chi connectivity index (χ3n) is 4.00. The maximum absolute atomic E-state index is 12.2. The predicted molar refractivity (Wildman–Crippen MR) is 113 cm³/mol. The molecule has 2 rings (SSSR count). The Hall–Kier alpha value is -2.89. The van der Waals surface area contributed by atoms with E-state index in [1.54, 1.807) is 6.08 Å². The fourth-order valence-electron chi connectivity index (χ4n) is 2.19. The summed E-state index contributed by atoms with van der Waals surface area (Å²) in [5.41, 5.74) is 7.02. The molecule has 0 atom stereocenters. The minimum Gasteiger partial charge on any atom is -0.368 e. The number of hydrogen-bond donors (Lipinski definition) is 2. The third-order valence-corrected chi connectivity index (χ3v) is 4.73. The van der Waals surface area contributed by atoms with Crippen molar-refractivity contribution in [2.24, 2.45) is 0 Å². The van der Waals surface area contributed by atoms with Crippen LogP contribution in [0.3, 0.4) is 0 Å². The van der Waals surface area contributed by atoms with Crippen molar-refractivity contribution in [3.05, 3.63) is 29.7 Å². The molecule has 162 valence electrons. The van der Waals surface area contributed by atoms with Crippen molar-refractivity contribution in [2.75, 3.05) is 28.2 Å². The number of hydrogen-bond acceptors (Lipinski definition) is 9. The molecule has 0 saturated carbocycles. The minimum absolute atomic E-state index is 0.115. The molecule has 8 nitrogen and oxygen atoms in total. The number of allylic oxidation sites excluding steroid dienone is 1. The number of aldehydes is 1. The van der Waals surface area contributed by atoms with Crippen molar-refractivity contribution in [3.8, 4) is 0 Å². The number of nitrogen functional groups attached to an aromatic ring is 1. The summed E-state index contributed by atoms with van der Waals surface area (Å²) < 4.78 is 39.1. The predicted octanol–water partition coefficient (Wildman–Crippen LogP) is 3.45. The topological polar surface area (TPSA) is 110 Å². The number of nitrogens with zero attached hydrogens (tertiary/aromatic N) is 5. The van der Waals surface area contributed by atoms with Crippen LogP contribution in [-0.4, -0.2) is 51.2 Å². The Morgan fingerprint density at radius 3 is 2.50 bits per heavy atom. The first-order valence-electron chi connectivity index (χ1n) is 8.90. The van der Waals surface area contributed by atoms with Gasteiger partial charge in [-0.05, 0) is 31.9 Å². The largest absolute Gasteiger partial charge is 0.389 e. The highest BCUT2D eigenvalue weighted by Gasteiger charge is 2.26. The van der Waals surface area contributed by atoms with Crippen LogP contribution < -0.4 is 15.4 Å². The quantitative estimate of drug-likeness (QED) is 0.262. The van der Waals surface area contributed by atoms with Crippen LogP contribution in [0.15, 0.2) is 18.6 Å². The van der Waals surface area contributed by atoms with E-state index < -0.39 is 12.6 Å². The summed E-state index contributed by atoms with van der Waals surface area (Å²) in [6, 6.07) is 0.134. The van der Waals surface area contributed by atoms with Crippen LogP contribution in [0.5, 0.6) is 0 Å². The highest BCUT2D eigenvalue weighted by molar-refractivity contribution is 8.00. The van der Waals surface area contributed by atoms with E-state index in [-0.39, 0.29) is 29.3 Å². The molecule has 2 aromatic rings. The lowest BCUT2D eigenvalue weighted by Crippen LogP contribution is -2.27. The lowest BCUT2D eigenvalue weighted by molar-refractivity contribution is -0.129. The number of aromatic nitrogens is 4. The van der Waals surface area contributed by atoms with E-state index in [1.165, 1.54) is 18.6 Å². The number of anilines is 3. The second-order valence-electron chi connectivity index (χ2n) is 6.54. The van der Waals surface area contributed by atoms with E-state index >= 15 is 0 Å². The molecule has 3 N–H and O–H groups in total. The minimum atomic E-state index is -4.21. The van der Waals surface area contributed by atoms with Crippen molar-refractivity contribution in [2.45, 2.75) is 32.5 Å². The molecule has 0 saturated heterocycles. The lowest BCUT2D eigenvalue weighted by atomic mass is 10.1. The Kier molecular flexibility index (Phi) is 7.98. The number of carbonyl (C=O) groups excluding carboxylic acids is 1. The van der Waals surface area contributed by atoms with E-state index in [1.807, 2.05) is 25.8 Å². The van der Waals surface area contributed by atoms with Gasteiger partial charge in [0.25, 0.3) is 0 Å². The molecule has 2 aromatic heterocycles. The Morgan fingerprint density at radius 1 is 1.27 bits per heavy atom. The van der Waals surface area contributed by atoms with Gasteiger partial charge in [-0.3, -0.25) is 9.52 Å². The number of nitrogens with one attached hydrogen (secondary N) is 1. The molecule has 0 aliphatic heterocycles. The van der Waals surface area contributed by atoms with E-state index in [0.717, 1.165) is 11.9 Å². The van der Waals surface area contributed by atoms with Crippen molar-refractivity contribution >= 4 is 47.6 Å². The second-order valence-corrected chi connectivity index (χ2v) is 7.44. The number of carbonyl (C=O) groups is 1. The molecule has 0 aromatic carbocycles. The van der Waals surface area contributed by atoms with E-state index in [2.05, 4.69) is 24.7 Å². The molecule has 30 heavy (non-hydrogen) atoms. The van der Waals surface area contributed by atoms with E-state index in [9.17, 15) is 18.0 Å². The van der Waals surface area contributed by atoms with Crippen molar-refractivity contribution in [1.29, 1.82) is 0 Å². The van der Waals surface area contributed by atoms with Gasteiger partial charge >= 0.3 is 6.18 Å². The summed E-state index contributed by atoms with van der Waals surface area (Å²) in [6.07, 6.45) is 1.46. The second kappa shape index (κ2) is 10.2. The van der Waals surface area contributed by atoms with Crippen LogP contribution >= 0.6 is 11.9 Å². The summed E-state index contributed by atoms with van der Waals surface area (Å²) >= 11 is 0.852. The standard InChI is InChI=1S/C18H22F3N7OS/c1-11(2)28(3)15-12(7-23-16(22)26-15)6-13(10-29)14-8-24-17(25-9-14)27-30-5-4-18(19,20)21/h6-11H,4-5H2,1-3H3,(H2,22,23,26)(H,24,25,27)/b13-6+. The normalized spacial score (nSPS) is 12.2. The molecule has 0 fully saturated rings. The van der Waals surface area contributed by atoms with E-state index in [4.69, 9.17) is 5.73 Å². The van der Waals surface area contributed by atoms with Crippen molar-refractivity contribution < 1.29 is 18.0 Å². The van der Waals surface area contributed by atoms with Gasteiger partial charge in [0.15, 0.2) is 6.29 Å². The Morgan fingerprint density at radius 2 is 1.93 bits per heavy atom. The molecule has 0 bridgehead atoms. The van der Waals surface area contributed by atoms with Crippen molar-refractivity contribution in [3.63, 3.8) is 0 Å². The maximum atomic E-state index is 12.2. The van der Waals surface area contributed by atoms with Gasteiger partial charge in [-0.25, -0.2) is 15.0 Å². The zero-order valence-corrected chi connectivity index (χ0v) is 17.5. The average Bonchev–Trinajstić information content (AvgIpc) is 2.69. The van der Waals surface area contributed by atoms with Gasteiger partial charge in [0.1, 0.15) is 5.82 Å². The average molecular weight is 441 g/mol. The zero-order valence-electron chi connectivity index (χ0n) is 16.6. The molecule has 2 heterocycles. The summed E-state index contributed by atoms with van der Waals surface area (Å²) in [4.78, 5) is 29.9. The summed E-state index contributed by atoms with van der Waals surface area (Å²) in [6.45, 7) is 3.97. The van der Waals surface area contributed by atoms with Gasteiger partial charge in [-0.2, -0.15) is 18.2 Å². The van der Waals surface area contributed by atoms with Gasteiger partial charge in [0.05, 0.1) is 6.42 Å². The van der Waals surface area contributed by atoms with Crippen LogP contribution in [0.25, 0.3) is 11.6 Å². The maximum Gasteiger partial charge on any atom is 0.389 e. The van der Waals surface area contributed by atoms with Crippen LogP contribution in [0.2, 0.25) is 0 Å². The van der Waals surface area contributed by atoms with Gasteiger partial charge < -0.3 is 10.6 Å². The molecule has 0 spiro atoms. The fraction of sp³-hybridized carbons (Fsp3) is 0.389. The van der Waals surface area contributed by atoms with E-state index in [0.29, 0.717) is 23.2 Å². The molecule has 12 heteroatoms. The summed E-state index contributed by atoms with van der Waals surface area (Å²) in [5, 5.41) is 0. The first-order valence-corrected chi connectivity index (χ1v) is 9.88. The highest BCUT2D eigenvalue weighted by Crippen LogP contribution is 2.25. The number of alkyl halides is 3. The van der Waals surface area contributed by atoms with Crippen LogP contribution in [0.4, 0.5) is 30.9 Å². The van der Waals surface area contributed by atoms with Crippen LogP contribution in [0.1, 0.15) is 31.4 Å². The van der Waals surface area contributed by atoms with Crippen LogP contribution in [-0.2, 0) is 4.79 Å². The molecule has 0 amide bonds. The number of rotatable bonds is 9. The van der Waals surface area contributed by atoms with Gasteiger partial charge in [0.2, 0.25) is 11.9 Å². The van der Waals surface area contributed by atoms with Gasteiger partial charge in [0, 0.05) is 54.1 Å². The Labute approximate surface area is 176 Å². The molecule has 0 radical (unpaired) electrons. The molecular formula is C18H22F3N7OS. The van der Waals surface area contributed by atoms with Gasteiger partial charge in [-0.1, -0.05) is 0 Å². The summed E-state index contributed by atoms with van der Waals surface area (Å²) in [5.74, 6) is 0.658. The molecule has 0 unspecified atom stereocenters. The highest BCUT2D eigenvalue weighted by atomic mass is 32.2. The molecule has 0 aliphatic carbocycles. The Balaban J connectivity index is 2.18.